The van der Waals surface area contributed by atoms with Crippen LogP contribution in [0.15, 0.2) is 33.9 Å². The van der Waals surface area contributed by atoms with E-state index in [1.165, 1.54) is 4.57 Å². The van der Waals surface area contributed by atoms with Gasteiger partial charge in [-0.25, -0.2) is 4.79 Å². The Morgan fingerprint density at radius 1 is 1.17 bits per heavy atom. The minimum Gasteiger partial charge on any atom is -0.492 e. The maximum atomic E-state index is 12.4. The number of fused-ring (bicyclic) bond motifs is 3. The Labute approximate surface area is 172 Å². The lowest BCUT2D eigenvalue weighted by Crippen LogP contribution is -2.28. The average molecular weight is 410 g/mol. The van der Waals surface area contributed by atoms with Gasteiger partial charge in [0.1, 0.15) is 5.75 Å². The fourth-order valence-electron chi connectivity index (χ4n) is 3.80. The Bertz CT molecular complexity index is 1340. The maximum absolute atomic E-state index is 12.4. The third kappa shape index (κ3) is 3.16. The van der Waals surface area contributed by atoms with E-state index in [1.54, 1.807) is 7.05 Å². The fraction of sp³-hybridized carbons (Fsp3) is 0.381. The van der Waals surface area contributed by atoms with Gasteiger partial charge in [-0.2, -0.15) is 4.98 Å². The molecule has 0 saturated carbocycles. The van der Waals surface area contributed by atoms with Crippen molar-refractivity contribution in [1.82, 2.24) is 23.5 Å². The Morgan fingerprint density at radius 2 is 1.93 bits per heavy atom. The highest BCUT2D eigenvalue weighted by molar-refractivity contribution is 5.76. The molecule has 0 fully saturated rings. The van der Waals surface area contributed by atoms with Crippen LogP contribution in [-0.4, -0.2) is 36.7 Å². The smallest absolute Gasteiger partial charge is 0.329 e. The molecule has 9 heteroatoms. The zero-order valence-corrected chi connectivity index (χ0v) is 17.7. The molecule has 1 aromatic carbocycles. The van der Waals surface area contributed by atoms with E-state index in [0.717, 1.165) is 42.3 Å². The van der Waals surface area contributed by atoms with Crippen molar-refractivity contribution in [3.05, 3.63) is 56.5 Å². The molecule has 0 radical (unpaired) electrons. The quantitative estimate of drug-likeness (QED) is 0.455. The maximum Gasteiger partial charge on any atom is 0.329 e. The van der Waals surface area contributed by atoms with Crippen LogP contribution in [0.25, 0.3) is 16.9 Å². The molecule has 0 amide bonds. The molecule has 2 N–H and O–H groups in total. The zero-order valence-electron chi connectivity index (χ0n) is 17.7. The summed E-state index contributed by atoms with van der Waals surface area (Å²) in [7, 11) is 1.61. The lowest BCUT2D eigenvalue weighted by atomic mass is 10.3. The minimum absolute atomic E-state index is 0.388. The van der Waals surface area contributed by atoms with Gasteiger partial charge in [0.2, 0.25) is 5.78 Å². The summed E-state index contributed by atoms with van der Waals surface area (Å²) in [6, 6.07) is 7.89. The third-order valence-corrected chi connectivity index (χ3v) is 5.47. The SMILES string of the molecule is CCOc1ccccc1NCCCn1c(C)c(C)n2c3c(=O)[nH]c(=O)n(C)c3nc12. The van der Waals surface area contributed by atoms with Crippen LogP contribution >= 0.6 is 0 Å². The topological polar surface area (TPSA) is 98.4 Å². The number of nitrogens with one attached hydrogen (secondary N) is 2. The summed E-state index contributed by atoms with van der Waals surface area (Å²) in [5, 5.41) is 3.43. The molecule has 0 atom stereocenters. The van der Waals surface area contributed by atoms with E-state index in [2.05, 4.69) is 19.9 Å². The Hall–Kier alpha value is -3.49. The molecule has 4 aromatic rings. The summed E-state index contributed by atoms with van der Waals surface area (Å²) in [6.45, 7) is 8.04. The number of ether oxygens (including phenoxy) is 1. The Kier molecular flexibility index (Phi) is 5.11. The van der Waals surface area contributed by atoms with Crippen molar-refractivity contribution >= 4 is 22.6 Å². The van der Waals surface area contributed by atoms with Crippen LogP contribution in [0, 0.1) is 13.8 Å². The summed E-state index contributed by atoms with van der Waals surface area (Å²) < 4.78 is 11.0. The van der Waals surface area contributed by atoms with Crippen molar-refractivity contribution in [2.24, 2.45) is 7.05 Å². The highest BCUT2D eigenvalue weighted by Gasteiger charge is 2.20. The van der Waals surface area contributed by atoms with Gasteiger partial charge in [-0.15, -0.1) is 0 Å². The highest BCUT2D eigenvalue weighted by Crippen LogP contribution is 2.24. The molecule has 4 rings (SSSR count). The van der Waals surface area contributed by atoms with Crippen molar-refractivity contribution < 1.29 is 4.74 Å². The summed E-state index contributed by atoms with van der Waals surface area (Å²) in [5.41, 5.74) is 2.85. The molecule has 0 saturated heterocycles. The summed E-state index contributed by atoms with van der Waals surface area (Å²) >= 11 is 0. The molecule has 0 aliphatic rings. The van der Waals surface area contributed by atoms with Gasteiger partial charge in [-0.05, 0) is 39.3 Å². The van der Waals surface area contributed by atoms with Crippen LogP contribution in [0.5, 0.6) is 5.75 Å². The highest BCUT2D eigenvalue weighted by atomic mass is 16.5. The molecule has 0 bridgehead atoms. The standard InChI is InChI=1S/C21H26N6O3/c1-5-30-16-10-7-6-9-15(16)22-11-8-12-26-13(2)14(3)27-17-18(23-20(26)27)25(4)21(29)24-19(17)28/h6-7,9-10,22H,5,8,11-12H2,1-4H3,(H,24,28,29). The number of rotatable bonds is 7. The van der Waals surface area contributed by atoms with Gasteiger partial charge >= 0.3 is 5.69 Å². The molecule has 9 nitrogen and oxygen atoms in total. The first kappa shape index (κ1) is 19.8. The Morgan fingerprint density at radius 3 is 2.70 bits per heavy atom. The van der Waals surface area contributed by atoms with E-state index in [-0.39, 0.29) is 0 Å². The van der Waals surface area contributed by atoms with E-state index >= 15 is 0 Å². The van der Waals surface area contributed by atoms with Crippen LogP contribution in [0.1, 0.15) is 24.7 Å². The number of hydrogen-bond donors (Lipinski definition) is 2. The number of aryl methyl sites for hydroxylation is 3. The third-order valence-electron chi connectivity index (χ3n) is 5.47. The molecule has 0 aliphatic carbocycles. The number of benzene rings is 1. The molecule has 30 heavy (non-hydrogen) atoms. The predicted molar refractivity (Wildman–Crippen MR) is 117 cm³/mol. The van der Waals surface area contributed by atoms with Crippen molar-refractivity contribution in [3.63, 3.8) is 0 Å². The number of nitrogens with zero attached hydrogens (tertiary/aromatic N) is 4. The summed E-state index contributed by atoms with van der Waals surface area (Å²) in [5.74, 6) is 1.51. The number of hydrogen-bond acceptors (Lipinski definition) is 5. The van der Waals surface area contributed by atoms with Crippen LogP contribution < -0.4 is 21.3 Å². The van der Waals surface area contributed by atoms with E-state index in [1.807, 2.05) is 49.4 Å². The second-order valence-corrected chi connectivity index (χ2v) is 7.27. The fourth-order valence-corrected chi connectivity index (χ4v) is 3.80. The second kappa shape index (κ2) is 7.74. The van der Waals surface area contributed by atoms with Gasteiger partial charge in [-0.1, -0.05) is 12.1 Å². The second-order valence-electron chi connectivity index (χ2n) is 7.27. The van der Waals surface area contributed by atoms with Crippen LogP contribution in [-0.2, 0) is 13.6 Å². The van der Waals surface area contributed by atoms with Crippen LogP contribution in [0.3, 0.4) is 0 Å². The minimum atomic E-state index is -0.466. The van der Waals surface area contributed by atoms with Gasteiger partial charge in [-0.3, -0.25) is 18.7 Å². The van der Waals surface area contributed by atoms with Crippen LogP contribution in [0.2, 0.25) is 0 Å². The van der Waals surface area contributed by atoms with Gasteiger partial charge in [0.15, 0.2) is 11.2 Å². The van der Waals surface area contributed by atoms with Crippen molar-refractivity contribution in [2.75, 3.05) is 18.5 Å². The van der Waals surface area contributed by atoms with E-state index in [4.69, 9.17) is 4.74 Å². The molecule has 0 unspecified atom stereocenters. The number of para-hydroxylation sites is 2. The normalized spacial score (nSPS) is 11.5. The zero-order chi connectivity index (χ0) is 21.4. The summed E-state index contributed by atoms with van der Waals surface area (Å²) in [4.78, 5) is 31.4. The van der Waals surface area contributed by atoms with E-state index in [0.29, 0.717) is 23.5 Å². The first-order valence-corrected chi connectivity index (χ1v) is 10.1. The molecule has 0 spiro atoms. The number of H-pyrrole nitrogens is 1. The van der Waals surface area contributed by atoms with Gasteiger partial charge < -0.3 is 14.6 Å². The Balaban J connectivity index is 1.61. The lowest BCUT2D eigenvalue weighted by molar-refractivity contribution is 0.341. The molecule has 3 aromatic heterocycles. The number of anilines is 1. The predicted octanol–water partition coefficient (Wildman–Crippen LogP) is 2.19. The van der Waals surface area contributed by atoms with Crippen LogP contribution in [0.4, 0.5) is 5.69 Å². The van der Waals surface area contributed by atoms with Crippen molar-refractivity contribution in [3.8, 4) is 5.75 Å². The van der Waals surface area contributed by atoms with Gasteiger partial charge in [0.25, 0.3) is 5.56 Å². The average Bonchev–Trinajstić information content (AvgIpc) is 3.22. The van der Waals surface area contributed by atoms with Crippen molar-refractivity contribution in [2.45, 2.75) is 33.7 Å². The van der Waals surface area contributed by atoms with Crippen molar-refractivity contribution in [1.29, 1.82) is 0 Å². The first-order valence-electron chi connectivity index (χ1n) is 10.1. The monoisotopic (exact) mass is 410 g/mol. The number of imidazole rings is 2. The molecule has 3 heterocycles. The lowest BCUT2D eigenvalue weighted by Gasteiger charge is -2.12. The largest absolute Gasteiger partial charge is 0.492 e. The van der Waals surface area contributed by atoms with Gasteiger partial charge in [0.05, 0.1) is 12.3 Å². The molecular weight excluding hydrogens is 384 g/mol. The summed E-state index contributed by atoms with van der Waals surface area (Å²) in [6.07, 6.45) is 0.851. The van der Waals surface area contributed by atoms with Gasteiger partial charge in [0, 0.05) is 31.5 Å². The number of aromatic nitrogens is 5. The molecular formula is C21H26N6O3. The number of aromatic amines is 1. The molecule has 158 valence electrons. The van der Waals surface area contributed by atoms with E-state index < -0.39 is 11.2 Å². The molecule has 0 aliphatic heterocycles. The van der Waals surface area contributed by atoms with E-state index in [9.17, 15) is 9.59 Å². The first-order chi connectivity index (χ1) is 14.4.